The molecule has 1 rings (SSSR count). The van der Waals surface area contributed by atoms with E-state index in [9.17, 15) is 17.6 Å². The van der Waals surface area contributed by atoms with Crippen LogP contribution in [-0.2, 0) is 9.05 Å². The molecular weight excluding hydrogens is 373 g/mol. The molecule has 1 amide bonds. The molecule has 0 spiro atoms. The predicted octanol–water partition coefficient (Wildman–Crippen LogP) is 3.39. The van der Waals surface area contributed by atoms with Crippen LogP contribution < -0.4 is 0 Å². The van der Waals surface area contributed by atoms with Gasteiger partial charge in [0, 0.05) is 23.8 Å². The minimum absolute atomic E-state index is 0.0200. The summed E-state index contributed by atoms with van der Waals surface area (Å²) in [4.78, 5) is 13.4. The van der Waals surface area contributed by atoms with Crippen LogP contribution in [-0.4, -0.2) is 32.3 Å². The lowest BCUT2D eigenvalue weighted by Gasteiger charge is -2.21. The lowest BCUT2D eigenvalue weighted by molar-refractivity contribution is 0.0762. The third kappa shape index (κ3) is 3.93. The lowest BCUT2D eigenvalue weighted by Crippen LogP contribution is -2.32. The number of nitrogens with zero attached hydrogens (tertiary/aromatic N) is 1. The summed E-state index contributed by atoms with van der Waals surface area (Å²) in [6.07, 6.45) is 0.743. The van der Waals surface area contributed by atoms with Gasteiger partial charge in [0.2, 0.25) is 0 Å². The van der Waals surface area contributed by atoms with Crippen molar-refractivity contribution in [3.05, 3.63) is 28.0 Å². The second-order valence-corrected chi connectivity index (χ2v) is 7.42. The molecule has 0 N–H and O–H groups in total. The van der Waals surface area contributed by atoms with E-state index in [2.05, 4.69) is 15.9 Å². The van der Waals surface area contributed by atoms with E-state index in [1.165, 1.54) is 4.90 Å². The highest BCUT2D eigenvalue weighted by Gasteiger charge is 2.24. The molecule has 0 unspecified atom stereocenters. The molecule has 1 aromatic carbocycles. The van der Waals surface area contributed by atoms with Crippen molar-refractivity contribution in [2.45, 2.75) is 25.2 Å². The van der Waals surface area contributed by atoms with Crippen molar-refractivity contribution in [2.75, 3.05) is 13.1 Å². The number of carbonyl (C=O) groups is 1. The summed E-state index contributed by atoms with van der Waals surface area (Å²) in [7, 11) is 1.10. The second kappa shape index (κ2) is 6.87. The van der Waals surface area contributed by atoms with Gasteiger partial charge in [-0.2, -0.15) is 0 Å². The summed E-state index contributed by atoms with van der Waals surface area (Å²) in [6.45, 7) is 4.64. The van der Waals surface area contributed by atoms with Crippen LogP contribution in [0.2, 0.25) is 0 Å². The number of carbonyl (C=O) groups excluding carboxylic acids is 1. The van der Waals surface area contributed by atoms with E-state index in [4.69, 9.17) is 10.7 Å². The van der Waals surface area contributed by atoms with Gasteiger partial charge in [-0.15, -0.1) is 0 Å². The molecule has 0 fully saturated rings. The van der Waals surface area contributed by atoms with Crippen molar-refractivity contribution in [3.63, 3.8) is 0 Å². The average Bonchev–Trinajstić information content (AvgIpc) is 2.36. The Balaban J connectivity index is 3.39. The molecule has 0 bridgehead atoms. The summed E-state index contributed by atoms with van der Waals surface area (Å²) < 4.78 is 36.3. The number of benzene rings is 1. The van der Waals surface area contributed by atoms with E-state index in [-0.39, 0.29) is 10.0 Å². The van der Waals surface area contributed by atoms with Gasteiger partial charge in [0.25, 0.3) is 15.0 Å². The molecule has 0 aromatic heterocycles. The standard InChI is InChI=1S/C12H14BrClFNO3S/c1-3-5-16(4-2)12(17)9-6-8(15)7-10(11(9)13)20(14,18)19/h6-7H,3-5H2,1-2H3. The molecule has 0 saturated carbocycles. The van der Waals surface area contributed by atoms with E-state index in [1.54, 1.807) is 6.92 Å². The Hall–Kier alpha value is -0.660. The lowest BCUT2D eigenvalue weighted by atomic mass is 10.2. The third-order valence-corrected chi connectivity index (χ3v) is 5.12. The molecule has 112 valence electrons. The van der Waals surface area contributed by atoms with Crippen LogP contribution >= 0.6 is 26.6 Å². The van der Waals surface area contributed by atoms with Gasteiger partial charge in [0.15, 0.2) is 0 Å². The molecule has 0 radical (unpaired) electrons. The molecule has 0 atom stereocenters. The maximum Gasteiger partial charge on any atom is 0.262 e. The Bertz CT molecular complexity index is 621. The number of rotatable bonds is 5. The van der Waals surface area contributed by atoms with E-state index in [1.807, 2.05) is 6.92 Å². The zero-order valence-electron chi connectivity index (χ0n) is 11.0. The van der Waals surface area contributed by atoms with Crippen molar-refractivity contribution in [1.82, 2.24) is 4.90 Å². The van der Waals surface area contributed by atoms with Gasteiger partial charge in [-0.1, -0.05) is 6.92 Å². The van der Waals surface area contributed by atoms with Crippen molar-refractivity contribution in [1.29, 1.82) is 0 Å². The van der Waals surface area contributed by atoms with E-state index in [0.717, 1.165) is 18.6 Å². The molecule has 0 saturated heterocycles. The van der Waals surface area contributed by atoms with Crippen molar-refractivity contribution in [3.8, 4) is 0 Å². The van der Waals surface area contributed by atoms with Crippen LogP contribution in [0.15, 0.2) is 21.5 Å². The van der Waals surface area contributed by atoms with Gasteiger partial charge >= 0.3 is 0 Å². The van der Waals surface area contributed by atoms with E-state index < -0.39 is 25.7 Å². The fourth-order valence-corrected chi connectivity index (χ4v) is 4.00. The smallest absolute Gasteiger partial charge is 0.262 e. The number of halogens is 3. The zero-order chi connectivity index (χ0) is 15.5. The maximum atomic E-state index is 13.5. The summed E-state index contributed by atoms with van der Waals surface area (Å²) >= 11 is 3.02. The molecule has 1 aromatic rings. The van der Waals surface area contributed by atoms with Crippen molar-refractivity contribution >= 4 is 41.6 Å². The Kier molecular flexibility index (Phi) is 5.97. The summed E-state index contributed by atoms with van der Waals surface area (Å²) in [6, 6.07) is 1.77. The maximum absolute atomic E-state index is 13.5. The van der Waals surface area contributed by atoms with E-state index >= 15 is 0 Å². The molecule has 0 aliphatic carbocycles. The molecule has 0 heterocycles. The largest absolute Gasteiger partial charge is 0.339 e. The number of amides is 1. The highest BCUT2D eigenvalue weighted by molar-refractivity contribution is 9.10. The highest BCUT2D eigenvalue weighted by Crippen LogP contribution is 2.30. The van der Waals surface area contributed by atoms with Crippen LogP contribution in [0.25, 0.3) is 0 Å². The first kappa shape index (κ1) is 17.4. The number of hydrogen-bond acceptors (Lipinski definition) is 3. The first-order valence-electron chi connectivity index (χ1n) is 5.95. The normalized spacial score (nSPS) is 11.4. The van der Waals surface area contributed by atoms with Gasteiger partial charge in [-0.05, 0) is 41.4 Å². The van der Waals surface area contributed by atoms with Crippen molar-refractivity contribution < 1.29 is 17.6 Å². The predicted molar refractivity (Wildman–Crippen MR) is 79.0 cm³/mol. The fourth-order valence-electron chi connectivity index (χ4n) is 1.74. The van der Waals surface area contributed by atoms with Crippen LogP contribution in [0, 0.1) is 5.82 Å². The molecule has 0 aliphatic heterocycles. The van der Waals surface area contributed by atoms with Gasteiger partial charge in [-0.3, -0.25) is 4.79 Å². The summed E-state index contributed by atoms with van der Waals surface area (Å²) in [5.74, 6) is -1.27. The van der Waals surface area contributed by atoms with Crippen LogP contribution in [0.1, 0.15) is 30.6 Å². The minimum Gasteiger partial charge on any atom is -0.339 e. The third-order valence-electron chi connectivity index (χ3n) is 2.66. The molecule has 0 aliphatic rings. The minimum atomic E-state index is -4.14. The first-order chi connectivity index (χ1) is 9.22. The Morgan fingerprint density at radius 2 is 2.00 bits per heavy atom. The van der Waals surface area contributed by atoms with Gasteiger partial charge < -0.3 is 4.90 Å². The molecule has 8 heteroatoms. The topological polar surface area (TPSA) is 54.5 Å². The SMILES string of the molecule is CCCN(CC)C(=O)c1cc(F)cc(S(=O)(=O)Cl)c1Br. The quantitative estimate of drug-likeness (QED) is 0.729. The first-order valence-corrected chi connectivity index (χ1v) is 9.05. The molecule has 4 nitrogen and oxygen atoms in total. The van der Waals surface area contributed by atoms with Crippen LogP contribution in [0.3, 0.4) is 0 Å². The van der Waals surface area contributed by atoms with E-state index in [0.29, 0.717) is 13.1 Å². The van der Waals surface area contributed by atoms with Crippen molar-refractivity contribution in [2.24, 2.45) is 0 Å². The molecular formula is C12H14BrClFNO3S. The highest BCUT2D eigenvalue weighted by atomic mass is 79.9. The van der Waals surface area contributed by atoms with Crippen LogP contribution in [0.5, 0.6) is 0 Å². The number of hydrogen-bond donors (Lipinski definition) is 0. The Morgan fingerprint density at radius 3 is 2.45 bits per heavy atom. The monoisotopic (exact) mass is 385 g/mol. The fraction of sp³-hybridized carbons (Fsp3) is 0.417. The van der Waals surface area contributed by atoms with Gasteiger partial charge in [-0.25, -0.2) is 12.8 Å². The van der Waals surface area contributed by atoms with Gasteiger partial charge in [0.05, 0.1) is 10.0 Å². The zero-order valence-corrected chi connectivity index (χ0v) is 14.1. The van der Waals surface area contributed by atoms with Crippen LogP contribution in [0.4, 0.5) is 4.39 Å². The second-order valence-electron chi connectivity index (χ2n) is 4.09. The molecule has 20 heavy (non-hydrogen) atoms. The Morgan fingerprint density at radius 1 is 1.40 bits per heavy atom. The summed E-state index contributed by atoms with van der Waals surface area (Å²) in [5, 5.41) is 0. The van der Waals surface area contributed by atoms with Gasteiger partial charge in [0.1, 0.15) is 10.7 Å². The Labute approximate surface area is 130 Å². The summed E-state index contributed by atoms with van der Waals surface area (Å²) in [5.41, 5.74) is -0.0560. The average molecular weight is 387 g/mol.